The fraction of sp³-hybridized carbons (Fsp3) is 0.350. The van der Waals surface area contributed by atoms with Gasteiger partial charge < -0.3 is 10.2 Å². The van der Waals surface area contributed by atoms with E-state index < -0.39 is 5.54 Å². The van der Waals surface area contributed by atoms with Crippen LogP contribution in [0.3, 0.4) is 0 Å². The third kappa shape index (κ3) is 6.37. The van der Waals surface area contributed by atoms with Crippen molar-refractivity contribution in [2.75, 3.05) is 14.1 Å². The maximum atomic E-state index is 12.3. The Morgan fingerprint density at radius 1 is 0.784 bits per heavy atom. The molecule has 2 aliphatic carbocycles. The standard InChI is InChI=1S/C20H19N3O2S.C20H19N3OS/c1-3-5-13-8-14(12-21-11-13)17-9-15-16(26-17)6-4-7-20(15)10-18(24)23(2)19(25)22-20;1-3-4-13-7-15(12-22-11-13)16-8-14-5-6-20(19(14)25-16)9-17(21)23(2)18(24)10-20/h8-9,11-12H,4,6-7,10H2,1-2H3,(H,22,25);7-8,11-12,21H,5-6,9-10H2,1-2H3/t2*20-/m00/s1. The van der Waals surface area contributed by atoms with Crippen LogP contribution in [0.5, 0.6) is 0 Å². The van der Waals surface area contributed by atoms with Gasteiger partial charge in [-0.05, 0) is 81.3 Å². The van der Waals surface area contributed by atoms with Gasteiger partial charge in [0, 0.05) is 98.9 Å². The lowest BCUT2D eigenvalue weighted by atomic mass is 9.76. The smallest absolute Gasteiger partial charge is 0.324 e. The van der Waals surface area contributed by atoms with Crippen LogP contribution >= 0.6 is 22.7 Å². The van der Waals surface area contributed by atoms with Gasteiger partial charge in [0.2, 0.25) is 11.8 Å². The van der Waals surface area contributed by atoms with Crippen molar-refractivity contribution in [3.8, 4) is 44.6 Å². The highest BCUT2D eigenvalue weighted by Gasteiger charge is 2.48. The summed E-state index contributed by atoms with van der Waals surface area (Å²) in [5.74, 6) is 12.3. The van der Waals surface area contributed by atoms with Crippen molar-refractivity contribution in [3.05, 3.63) is 81.1 Å². The molecule has 2 aliphatic heterocycles. The van der Waals surface area contributed by atoms with E-state index in [1.54, 1.807) is 49.0 Å². The van der Waals surface area contributed by atoms with Crippen molar-refractivity contribution < 1.29 is 14.4 Å². The Labute approximate surface area is 306 Å². The van der Waals surface area contributed by atoms with Crippen LogP contribution in [0.4, 0.5) is 4.79 Å². The molecule has 2 fully saturated rings. The summed E-state index contributed by atoms with van der Waals surface area (Å²) in [4.78, 5) is 53.0. The molecule has 11 heteroatoms. The molecule has 2 atom stereocenters. The number of likely N-dealkylation sites (tertiary alicyclic amines) is 1. The molecule has 4 aromatic rings. The maximum Gasteiger partial charge on any atom is 0.324 e. The largest absolute Gasteiger partial charge is 0.328 e. The minimum Gasteiger partial charge on any atom is -0.328 e. The first-order chi connectivity index (χ1) is 24.5. The molecule has 0 unspecified atom stereocenters. The van der Waals surface area contributed by atoms with Crippen LogP contribution in [0.15, 0.2) is 49.1 Å². The van der Waals surface area contributed by atoms with Gasteiger partial charge >= 0.3 is 6.03 Å². The molecule has 0 radical (unpaired) electrons. The maximum absolute atomic E-state index is 12.3. The number of imide groups is 1. The summed E-state index contributed by atoms with van der Waals surface area (Å²) >= 11 is 3.48. The summed E-state index contributed by atoms with van der Waals surface area (Å²) in [7, 11) is 3.23. The van der Waals surface area contributed by atoms with Gasteiger partial charge in [-0.3, -0.25) is 29.9 Å². The van der Waals surface area contributed by atoms with Crippen molar-refractivity contribution >= 4 is 46.4 Å². The van der Waals surface area contributed by atoms with Crippen molar-refractivity contribution in [2.45, 2.75) is 76.2 Å². The summed E-state index contributed by atoms with van der Waals surface area (Å²) in [5.41, 5.74) is 5.57. The number of carbonyl (C=O) groups is 3. The fourth-order valence-electron chi connectivity index (χ4n) is 7.65. The molecule has 2 spiro atoms. The van der Waals surface area contributed by atoms with Gasteiger partial charge in [-0.1, -0.05) is 11.8 Å². The monoisotopic (exact) mass is 714 g/mol. The Morgan fingerprint density at radius 2 is 1.43 bits per heavy atom. The van der Waals surface area contributed by atoms with Crippen molar-refractivity contribution in [1.82, 2.24) is 25.1 Å². The van der Waals surface area contributed by atoms with Crippen LogP contribution in [0.25, 0.3) is 20.9 Å². The Bertz CT molecular complexity index is 2190. The lowest BCUT2D eigenvalue weighted by Crippen LogP contribution is -2.59. The summed E-state index contributed by atoms with van der Waals surface area (Å²) in [6, 6.07) is 8.15. The molecule has 2 N–H and O–H groups in total. The first-order valence-electron chi connectivity index (χ1n) is 17.0. The van der Waals surface area contributed by atoms with Crippen molar-refractivity contribution in [2.24, 2.45) is 0 Å². The van der Waals surface area contributed by atoms with Crippen LogP contribution in [0, 0.1) is 29.1 Å². The topological polar surface area (TPSA) is 119 Å². The van der Waals surface area contributed by atoms with Crippen LogP contribution in [-0.4, -0.2) is 57.5 Å². The van der Waals surface area contributed by atoms with E-state index in [9.17, 15) is 14.4 Å². The van der Waals surface area contributed by atoms with E-state index in [1.165, 1.54) is 37.0 Å². The Morgan fingerprint density at radius 3 is 2.06 bits per heavy atom. The van der Waals surface area contributed by atoms with E-state index in [0.717, 1.165) is 64.8 Å². The van der Waals surface area contributed by atoms with Crippen LogP contribution < -0.4 is 5.32 Å². The minimum atomic E-state index is -0.572. The number of fused-ring (bicyclic) bond motifs is 4. The average molecular weight is 715 g/mol. The van der Waals surface area contributed by atoms with E-state index >= 15 is 0 Å². The van der Waals surface area contributed by atoms with E-state index in [-0.39, 0.29) is 23.3 Å². The SMILES string of the molecule is CC#Cc1cncc(-c2cc3c(s2)CCC[C@]32CC(=O)N(C)C(=O)N2)c1.CC#Cc1cncc(-c2cc3c(s2)[C@@]2(CC3)CC(=N)N(C)C(=O)C2)c1. The van der Waals surface area contributed by atoms with E-state index in [0.29, 0.717) is 25.1 Å². The third-order valence-electron chi connectivity index (χ3n) is 10.3. The molecule has 0 aromatic carbocycles. The quantitative estimate of drug-likeness (QED) is 0.220. The fourth-order valence-corrected chi connectivity index (χ4v) is 10.3. The van der Waals surface area contributed by atoms with Crippen molar-refractivity contribution in [1.29, 1.82) is 5.41 Å². The molecule has 0 saturated carbocycles. The van der Waals surface area contributed by atoms with Crippen LogP contribution in [0.2, 0.25) is 0 Å². The normalized spacial score (nSPS) is 22.0. The van der Waals surface area contributed by atoms with Gasteiger partial charge in [-0.15, -0.1) is 34.5 Å². The number of amides is 4. The lowest BCUT2D eigenvalue weighted by Gasteiger charge is -2.42. The van der Waals surface area contributed by atoms with Gasteiger partial charge in [0.25, 0.3) is 0 Å². The first kappa shape index (κ1) is 34.4. The van der Waals surface area contributed by atoms with E-state index in [4.69, 9.17) is 5.41 Å². The first-order valence-corrected chi connectivity index (χ1v) is 18.6. The van der Waals surface area contributed by atoms with E-state index in [1.807, 2.05) is 25.4 Å². The molecule has 258 valence electrons. The molecule has 4 aromatic heterocycles. The second-order valence-corrected chi connectivity index (χ2v) is 15.8. The number of aromatic nitrogens is 2. The van der Waals surface area contributed by atoms with E-state index in [2.05, 4.69) is 57.2 Å². The zero-order valence-corrected chi connectivity index (χ0v) is 30.7. The number of hydrogen-bond acceptors (Lipinski definition) is 8. The lowest BCUT2D eigenvalue weighted by molar-refractivity contribution is -0.131. The molecule has 0 bridgehead atoms. The number of pyridine rings is 2. The number of nitrogens with zero attached hydrogens (tertiary/aromatic N) is 4. The van der Waals surface area contributed by atoms with Gasteiger partial charge in [0.05, 0.1) is 12.0 Å². The number of nitrogens with one attached hydrogen (secondary N) is 2. The molecular weight excluding hydrogens is 677 g/mol. The summed E-state index contributed by atoms with van der Waals surface area (Å²) in [6.07, 6.45) is 13.4. The highest BCUT2D eigenvalue weighted by Crippen LogP contribution is 2.52. The predicted molar refractivity (Wildman–Crippen MR) is 200 cm³/mol. The number of piperidine rings is 1. The Hall–Kier alpha value is -5.10. The molecule has 6 heterocycles. The number of aryl methyl sites for hydroxylation is 2. The highest BCUT2D eigenvalue weighted by molar-refractivity contribution is 7.16. The minimum absolute atomic E-state index is 0.0564. The predicted octanol–water partition coefficient (Wildman–Crippen LogP) is 6.88. The molecule has 9 nitrogen and oxygen atoms in total. The average Bonchev–Trinajstić information content (AvgIpc) is 3.83. The molecular formula is C40H38N6O3S2. The number of amidine groups is 1. The molecule has 4 amide bonds. The Kier molecular flexibility index (Phi) is 9.13. The number of carbonyl (C=O) groups excluding carboxylic acids is 3. The van der Waals surface area contributed by atoms with Gasteiger partial charge in [-0.25, -0.2) is 4.79 Å². The highest BCUT2D eigenvalue weighted by atomic mass is 32.1. The zero-order valence-electron chi connectivity index (χ0n) is 29.1. The molecule has 51 heavy (non-hydrogen) atoms. The summed E-state index contributed by atoms with van der Waals surface area (Å²) in [5, 5.41) is 11.3. The number of hydrogen-bond donors (Lipinski definition) is 2. The second-order valence-electron chi connectivity index (χ2n) is 13.6. The molecule has 8 rings (SSSR count). The number of rotatable bonds is 2. The summed E-state index contributed by atoms with van der Waals surface area (Å²) < 4.78 is 0. The zero-order chi connectivity index (χ0) is 35.9. The number of thiophene rings is 2. The molecule has 2 saturated heterocycles. The van der Waals surface area contributed by atoms with Crippen molar-refractivity contribution in [3.63, 3.8) is 0 Å². The van der Waals surface area contributed by atoms with Gasteiger partial charge in [-0.2, -0.15) is 0 Å². The molecule has 4 aliphatic rings. The third-order valence-corrected chi connectivity index (χ3v) is 13.0. The Balaban J connectivity index is 0.000000159. The van der Waals surface area contributed by atoms with Gasteiger partial charge in [0.1, 0.15) is 5.84 Å². The number of urea groups is 1. The van der Waals surface area contributed by atoms with Crippen LogP contribution in [0.1, 0.15) is 84.4 Å². The second kappa shape index (κ2) is 13.6. The summed E-state index contributed by atoms with van der Waals surface area (Å²) in [6.45, 7) is 3.63. The van der Waals surface area contributed by atoms with Gasteiger partial charge in [0.15, 0.2) is 0 Å². The van der Waals surface area contributed by atoms with Crippen LogP contribution in [-0.2, 0) is 33.4 Å².